The topological polar surface area (TPSA) is 79.9 Å². The van der Waals surface area contributed by atoms with E-state index in [1.54, 1.807) is 21.3 Å². The molecule has 0 atom stereocenters. The van der Waals surface area contributed by atoms with Gasteiger partial charge in [0.2, 0.25) is 0 Å². The third-order valence-electron chi connectivity index (χ3n) is 4.92. The predicted octanol–water partition coefficient (Wildman–Crippen LogP) is 4.11. The fourth-order valence-electron chi connectivity index (χ4n) is 3.39. The zero-order valence-electron chi connectivity index (χ0n) is 18.5. The summed E-state index contributed by atoms with van der Waals surface area (Å²) in [7, 11) is 4.88. The minimum atomic E-state index is 0. The van der Waals surface area contributed by atoms with Gasteiger partial charge in [-0.05, 0) is 25.0 Å². The number of methoxy groups -OCH3 is 3. The van der Waals surface area contributed by atoms with Crippen LogP contribution in [-0.2, 0) is 13.0 Å². The van der Waals surface area contributed by atoms with E-state index in [9.17, 15) is 0 Å². The highest BCUT2D eigenvalue weighted by molar-refractivity contribution is 14.0. The number of para-hydroxylation sites is 1. The molecular weight excluding hydrogens is 507 g/mol. The zero-order chi connectivity index (χ0) is 21.3. The van der Waals surface area contributed by atoms with Crippen molar-refractivity contribution in [2.75, 3.05) is 34.4 Å². The molecule has 3 rings (SSSR count). The molecule has 1 heterocycles. The lowest BCUT2D eigenvalue weighted by Crippen LogP contribution is -2.38. The van der Waals surface area contributed by atoms with Crippen molar-refractivity contribution in [1.29, 1.82) is 0 Å². The molecule has 168 valence electrons. The lowest BCUT2D eigenvalue weighted by molar-refractivity contribution is 0.369. The van der Waals surface area contributed by atoms with Crippen LogP contribution in [0.15, 0.2) is 47.6 Å². The van der Waals surface area contributed by atoms with Gasteiger partial charge in [-0.3, -0.25) is 0 Å². The molecule has 0 unspecified atom stereocenters. The molecule has 7 nitrogen and oxygen atoms in total. The van der Waals surface area contributed by atoms with Crippen LogP contribution in [0.5, 0.6) is 17.2 Å². The number of fused-ring (bicyclic) bond motifs is 1. The third-order valence-corrected chi connectivity index (χ3v) is 4.92. The van der Waals surface area contributed by atoms with Crippen LogP contribution in [0.2, 0.25) is 0 Å². The molecule has 0 aliphatic rings. The summed E-state index contributed by atoms with van der Waals surface area (Å²) in [6, 6.07) is 12.0. The Hall–Kier alpha value is -2.62. The maximum absolute atomic E-state index is 5.52. The van der Waals surface area contributed by atoms with Crippen LogP contribution >= 0.6 is 24.0 Å². The molecule has 0 radical (unpaired) electrons. The molecular formula is C23H31IN4O3. The largest absolute Gasteiger partial charge is 0.496 e. The van der Waals surface area contributed by atoms with Gasteiger partial charge in [0, 0.05) is 42.3 Å². The van der Waals surface area contributed by atoms with E-state index in [1.165, 1.54) is 10.9 Å². The van der Waals surface area contributed by atoms with Gasteiger partial charge in [-0.25, -0.2) is 4.99 Å². The number of nitrogens with zero attached hydrogens (tertiary/aromatic N) is 1. The van der Waals surface area contributed by atoms with Crippen molar-refractivity contribution in [3.63, 3.8) is 0 Å². The summed E-state index contributed by atoms with van der Waals surface area (Å²) < 4.78 is 16.4. The Labute approximate surface area is 200 Å². The zero-order valence-corrected chi connectivity index (χ0v) is 20.8. The van der Waals surface area contributed by atoms with Crippen molar-refractivity contribution < 1.29 is 14.2 Å². The first-order chi connectivity index (χ1) is 14.7. The SMILES string of the molecule is CCNC(=NCc1c(OC)cc(OC)cc1OC)NCCc1c[nH]c2ccccc12.I. The molecule has 0 bridgehead atoms. The van der Waals surface area contributed by atoms with Gasteiger partial charge in [-0.2, -0.15) is 0 Å². The smallest absolute Gasteiger partial charge is 0.191 e. The molecule has 0 saturated heterocycles. The van der Waals surface area contributed by atoms with E-state index in [1.807, 2.05) is 25.1 Å². The number of aromatic amines is 1. The highest BCUT2D eigenvalue weighted by Crippen LogP contribution is 2.34. The Kier molecular flexibility index (Phi) is 9.77. The third kappa shape index (κ3) is 6.19. The number of hydrogen-bond donors (Lipinski definition) is 3. The Morgan fingerprint density at radius 2 is 1.71 bits per heavy atom. The number of nitrogens with one attached hydrogen (secondary N) is 3. The standard InChI is InChI=1S/C23H30N4O3.HI/c1-5-24-23(25-11-10-16-14-26-20-9-7-6-8-18(16)20)27-15-19-21(29-3)12-17(28-2)13-22(19)30-4;/h6-9,12-14,26H,5,10-11,15H2,1-4H3,(H2,24,25,27);1H. The molecule has 0 aliphatic carbocycles. The minimum Gasteiger partial charge on any atom is -0.496 e. The second-order valence-corrected chi connectivity index (χ2v) is 6.74. The first-order valence-corrected chi connectivity index (χ1v) is 10.1. The van der Waals surface area contributed by atoms with Crippen LogP contribution in [0.4, 0.5) is 0 Å². The van der Waals surface area contributed by atoms with E-state index < -0.39 is 0 Å². The molecule has 0 amide bonds. The molecule has 1 aromatic heterocycles. The summed E-state index contributed by atoms with van der Waals surface area (Å²) in [5.74, 6) is 2.80. The number of halogens is 1. The number of aliphatic imine (C=N–C) groups is 1. The molecule has 2 aromatic carbocycles. The van der Waals surface area contributed by atoms with E-state index in [0.29, 0.717) is 23.8 Å². The first kappa shape index (κ1) is 24.6. The maximum Gasteiger partial charge on any atom is 0.191 e. The van der Waals surface area contributed by atoms with Crippen molar-refractivity contribution in [1.82, 2.24) is 15.6 Å². The van der Waals surface area contributed by atoms with Crippen LogP contribution in [0, 0.1) is 0 Å². The van der Waals surface area contributed by atoms with E-state index >= 15 is 0 Å². The maximum atomic E-state index is 5.52. The molecule has 0 aliphatic heterocycles. The second-order valence-electron chi connectivity index (χ2n) is 6.74. The summed E-state index contributed by atoms with van der Waals surface area (Å²) in [4.78, 5) is 8.04. The Morgan fingerprint density at radius 1 is 1.00 bits per heavy atom. The average Bonchev–Trinajstić information content (AvgIpc) is 3.20. The lowest BCUT2D eigenvalue weighted by Gasteiger charge is -2.15. The lowest BCUT2D eigenvalue weighted by atomic mass is 10.1. The Bertz CT molecular complexity index is 978. The monoisotopic (exact) mass is 538 g/mol. The van der Waals surface area contributed by atoms with Crippen molar-refractivity contribution >= 4 is 40.8 Å². The van der Waals surface area contributed by atoms with Gasteiger partial charge in [-0.1, -0.05) is 18.2 Å². The van der Waals surface area contributed by atoms with Crippen LogP contribution < -0.4 is 24.8 Å². The van der Waals surface area contributed by atoms with Crippen LogP contribution in [-0.4, -0.2) is 45.4 Å². The first-order valence-electron chi connectivity index (χ1n) is 10.1. The molecule has 8 heteroatoms. The molecule has 0 saturated carbocycles. The molecule has 0 spiro atoms. The summed E-state index contributed by atoms with van der Waals surface area (Å²) in [6.45, 7) is 4.00. The number of aromatic nitrogens is 1. The summed E-state index contributed by atoms with van der Waals surface area (Å²) in [6.07, 6.45) is 2.97. The summed E-state index contributed by atoms with van der Waals surface area (Å²) >= 11 is 0. The van der Waals surface area contributed by atoms with Gasteiger partial charge < -0.3 is 29.8 Å². The van der Waals surface area contributed by atoms with Crippen LogP contribution in [0.25, 0.3) is 10.9 Å². The second kappa shape index (κ2) is 12.3. The van der Waals surface area contributed by atoms with E-state index in [2.05, 4.69) is 40.0 Å². The fourth-order valence-corrected chi connectivity index (χ4v) is 3.39. The summed E-state index contributed by atoms with van der Waals surface area (Å²) in [5.41, 5.74) is 3.31. The van der Waals surface area contributed by atoms with Crippen molar-refractivity contribution in [2.24, 2.45) is 4.99 Å². The van der Waals surface area contributed by atoms with Crippen molar-refractivity contribution in [3.8, 4) is 17.2 Å². The van der Waals surface area contributed by atoms with Crippen molar-refractivity contribution in [3.05, 3.63) is 53.7 Å². The van der Waals surface area contributed by atoms with Gasteiger partial charge in [0.25, 0.3) is 0 Å². The van der Waals surface area contributed by atoms with E-state index in [4.69, 9.17) is 19.2 Å². The Balaban J connectivity index is 0.00000341. The van der Waals surface area contributed by atoms with Gasteiger partial charge >= 0.3 is 0 Å². The molecule has 3 N–H and O–H groups in total. The molecule has 31 heavy (non-hydrogen) atoms. The molecule has 3 aromatic rings. The fraction of sp³-hybridized carbons (Fsp3) is 0.348. The average molecular weight is 538 g/mol. The van der Waals surface area contributed by atoms with E-state index in [-0.39, 0.29) is 24.0 Å². The molecule has 0 fully saturated rings. The van der Waals surface area contributed by atoms with Gasteiger partial charge in [0.15, 0.2) is 5.96 Å². The number of H-pyrrole nitrogens is 1. The predicted molar refractivity (Wildman–Crippen MR) is 136 cm³/mol. The number of guanidine groups is 1. The van der Waals surface area contributed by atoms with Crippen LogP contribution in [0.1, 0.15) is 18.1 Å². The minimum absolute atomic E-state index is 0. The Morgan fingerprint density at radius 3 is 2.35 bits per heavy atom. The van der Waals surface area contributed by atoms with Gasteiger partial charge in [0.1, 0.15) is 17.2 Å². The highest BCUT2D eigenvalue weighted by Gasteiger charge is 2.13. The van der Waals surface area contributed by atoms with Gasteiger partial charge in [0.05, 0.1) is 33.4 Å². The normalized spacial score (nSPS) is 11.0. The van der Waals surface area contributed by atoms with Gasteiger partial charge in [-0.15, -0.1) is 24.0 Å². The number of rotatable bonds is 9. The number of benzene rings is 2. The number of ether oxygens (including phenoxy) is 3. The quantitative estimate of drug-likeness (QED) is 0.217. The summed E-state index contributed by atoms with van der Waals surface area (Å²) in [5, 5.41) is 7.96. The van der Waals surface area contributed by atoms with Crippen LogP contribution in [0.3, 0.4) is 0 Å². The van der Waals surface area contributed by atoms with E-state index in [0.717, 1.165) is 36.6 Å². The number of hydrogen-bond acceptors (Lipinski definition) is 4. The van der Waals surface area contributed by atoms with Crippen molar-refractivity contribution in [2.45, 2.75) is 19.9 Å². The highest BCUT2D eigenvalue weighted by atomic mass is 127.